The Kier molecular flexibility index (Phi) is 6.01. The molecular weight excluding hydrogens is 302 g/mol. The van der Waals surface area contributed by atoms with E-state index in [4.69, 9.17) is 4.74 Å². The number of carbonyl (C=O) groups excluding carboxylic acids is 1. The first-order valence-electron chi connectivity index (χ1n) is 8.54. The summed E-state index contributed by atoms with van der Waals surface area (Å²) in [5, 5.41) is 4.40. The zero-order valence-electron chi connectivity index (χ0n) is 15.2. The maximum atomic E-state index is 13.1. The smallest absolute Gasteiger partial charge is 0.257 e. The predicted molar refractivity (Wildman–Crippen MR) is 95.4 cm³/mol. The molecule has 0 saturated heterocycles. The molecule has 1 aromatic heterocycles. The molecular formula is C19H27N3O2. The van der Waals surface area contributed by atoms with E-state index < -0.39 is 0 Å². The van der Waals surface area contributed by atoms with Crippen molar-refractivity contribution in [2.45, 2.75) is 46.7 Å². The summed E-state index contributed by atoms with van der Waals surface area (Å²) in [5.41, 5.74) is 2.59. The van der Waals surface area contributed by atoms with Crippen LogP contribution in [0.5, 0.6) is 5.75 Å². The highest BCUT2D eigenvalue weighted by molar-refractivity contribution is 5.95. The molecule has 0 fully saturated rings. The fourth-order valence-electron chi connectivity index (χ4n) is 3.01. The van der Waals surface area contributed by atoms with Gasteiger partial charge in [0.05, 0.1) is 24.4 Å². The van der Waals surface area contributed by atoms with Gasteiger partial charge in [0.2, 0.25) is 0 Å². The van der Waals surface area contributed by atoms with E-state index >= 15 is 0 Å². The van der Waals surface area contributed by atoms with Crippen LogP contribution in [-0.4, -0.2) is 34.2 Å². The SMILES string of the molecule is CC[C@@H](c1ccc(OC)cc1)N(CC)C(=O)c1cn(CC)nc1C. The van der Waals surface area contributed by atoms with Gasteiger partial charge in [0.15, 0.2) is 0 Å². The van der Waals surface area contributed by atoms with Crippen LogP contribution in [0.4, 0.5) is 0 Å². The summed E-state index contributed by atoms with van der Waals surface area (Å²) >= 11 is 0. The van der Waals surface area contributed by atoms with Gasteiger partial charge in [-0.05, 0) is 44.9 Å². The van der Waals surface area contributed by atoms with Crippen LogP contribution < -0.4 is 4.74 Å². The number of aromatic nitrogens is 2. The number of benzene rings is 1. The highest BCUT2D eigenvalue weighted by atomic mass is 16.5. The van der Waals surface area contributed by atoms with Crippen molar-refractivity contribution < 1.29 is 9.53 Å². The second-order valence-corrected chi connectivity index (χ2v) is 5.77. The zero-order valence-corrected chi connectivity index (χ0v) is 15.2. The van der Waals surface area contributed by atoms with E-state index in [1.165, 1.54) is 0 Å². The Morgan fingerprint density at radius 2 is 1.92 bits per heavy atom. The lowest BCUT2D eigenvalue weighted by Crippen LogP contribution is -2.34. The molecule has 5 nitrogen and oxygen atoms in total. The molecule has 1 atom stereocenters. The molecule has 0 aliphatic carbocycles. The lowest BCUT2D eigenvalue weighted by molar-refractivity contribution is 0.0682. The molecule has 0 radical (unpaired) electrons. The summed E-state index contributed by atoms with van der Waals surface area (Å²) in [5.74, 6) is 0.861. The third-order valence-electron chi connectivity index (χ3n) is 4.37. The van der Waals surface area contributed by atoms with Gasteiger partial charge in [-0.15, -0.1) is 0 Å². The van der Waals surface area contributed by atoms with Crippen LogP contribution in [0.2, 0.25) is 0 Å². The van der Waals surface area contributed by atoms with Crippen molar-refractivity contribution in [3.8, 4) is 5.75 Å². The number of carbonyl (C=O) groups is 1. The molecule has 0 N–H and O–H groups in total. The first-order chi connectivity index (χ1) is 11.5. The highest BCUT2D eigenvalue weighted by Crippen LogP contribution is 2.27. The van der Waals surface area contributed by atoms with Crippen LogP contribution in [-0.2, 0) is 6.54 Å². The van der Waals surface area contributed by atoms with Crippen LogP contribution in [0.1, 0.15) is 54.8 Å². The fourth-order valence-corrected chi connectivity index (χ4v) is 3.01. The lowest BCUT2D eigenvalue weighted by Gasteiger charge is -2.30. The summed E-state index contributed by atoms with van der Waals surface area (Å²) in [6.07, 6.45) is 2.70. The number of amides is 1. The van der Waals surface area contributed by atoms with E-state index in [-0.39, 0.29) is 11.9 Å². The number of nitrogens with zero attached hydrogens (tertiary/aromatic N) is 3. The Bertz CT molecular complexity index is 676. The van der Waals surface area contributed by atoms with E-state index in [0.29, 0.717) is 12.1 Å². The molecule has 0 spiro atoms. The monoisotopic (exact) mass is 329 g/mol. The molecule has 1 aromatic carbocycles. The van der Waals surface area contributed by atoms with Crippen LogP contribution in [0.15, 0.2) is 30.5 Å². The third-order valence-corrected chi connectivity index (χ3v) is 4.37. The topological polar surface area (TPSA) is 47.4 Å². The van der Waals surface area contributed by atoms with Gasteiger partial charge in [-0.2, -0.15) is 5.10 Å². The Morgan fingerprint density at radius 3 is 2.38 bits per heavy atom. The molecule has 2 aromatic rings. The fraction of sp³-hybridized carbons (Fsp3) is 0.474. The lowest BCUT2D eigenvalue weighted by atomic mass is 10.0. The van der Waals surface area contributed by atoms with Crippen molar-refractivity contribution in [1.29, 1.82) is 0 Å². The molecule has 130 valence electrons. The minimum Gasteiger partial charge on any atom is -0.497 e. The molecule has 0 bridgehead atoms. The van der Waals surface area contributed by atoms with Crippen molar-refractivity contribution in [2.24, 2.45) is 0 Å². The number of hydrogen-bond donors (Lipinski definition) is 0. The largest absolute Gasteiger partial charge is 0.497 e. The first-order valence-corrected chi connectivity index (χ1v) is 8.54. The van der Waals surface area contributed by atoms with Crippen LogP contribution in [0.25, 0.3) is 0 Å². The molecule has 0 unspecified atom stereocenters. The van der Waals surface area contributed by atoms with Gasteiger partial charge >= 0.3 is 0 Å². The van der Waals surface area contributed by atoms with E-state index in [1.807, 2.05) is 60.8 Å². The average Bonchev–Trinajstić information content (AvgIpc) is 3.00. The Hall–Kier alpha value is -2.30. The normalized spacial score (nSPS) is 12.0. The standard InChI is InChI=1S/C19H27N3O2/c1-6-18(15-9-11-16(24-5)12-10-15)22(8-3)19(23)17-13-21(7-2)20-14(17)4/h9-13,18H,6-8H2,1-5H3/t18-/m0/s1. The molecule has 0 aliphatic heterocycles. The van der Waals surface area contributed by atoms with Crippen molar-refractivity contribution in [2.75, 3.05) is 13.7 Å². The van der Waals surface area contributed by atoms with Crippen molar-refractivity contribution in [3.05, 3.63) is 47.3 Å². The van der Waals surface area contributed by atoms with Crippen LogP contribution in [0.3, 0.4) is 0 Å². The minimum atomic E-state index is 0.0392. The van der Waals surface area contributed by atoms with Gasteiger partial charge in [-0.1, -0.05) is 19.1 Å². The molecule has 1 amide bonds. The number of methoxy groups -OCH3 is 1. The quantitative estimate of drug-likeness (QED) is 0.775. The maximum absolute atomic E-state index is 13.1. The molecule has 0 saturated carbocycles. The molecule has 2 rings (SSSR count). The van der Waals surface area contributed by atoms with E-state index in [1.54, 1.807) is 7.11 Å². The van der Waals surface area contributed by atoms with Gasteiger partial charge in [-0.25, -0.2) is 0 Å². The summed E-state index contributed by atoms with van der Waals surface area (Å²) in [6.45, 7) is 9.44. The third kappa shape index (κ3) is 3.61. The molecule has 0 aliphatic rings. The number of ether oxygens (including phenoxy) is 1. The predicted octanol–water partition coefficient (Wildman–Crippen LogP) is 3.83. The molecule has 1 heterocycles. The highest BCUT2D eigenvalue weighted by Gasteiger charge is 2.26. The molecule has 5 heteroatoms. The summed E-state index contributed by atoms with van der Waals surface area (Å²) < 4.78 is 7.04. The van der Waals surface area contributed by atoms with E-state index in [0.717, 1.165) is 30.0 Å². The zero-order chi connectivity index (χ0) is 17.7. The van der Waals surface area contributed by atoms with Crippen molar-refractivity contribution in [1.82, 2.24) is 14.7 Å². The van der Waals surface area contributed by atoms with Gasteiger partial charge in [-0.3, -0.25) is 9.48 Å². The number of aryl methyl sites for hydroxylation is 2. The van der Waals surface area contributed by atoms with E-state index in [9.17, 15) is 4.79 Å². The van der Waals surface area contributed by atoms with Crippen molar-refractivity contribution in [3.63, 3.8) is 0 Å². The Balaban J connectivity index is 2.32. The van der Waals surface area contributed by atoms with Crippen LogP contribution in [0, 0.1) is 6.92 Å². The van der Waals surface area contributed by atoms with Gasteiger partial charge in [0.25, 0.3) is 5.91 Å². The summed E-state index contributed by atoms with van der Waals surface area (Å²) in [7, 11) is 1.66. The minimum absolute atomic E-state index is 0.0392. The van der Waals surface area contributed by atoms with E-state index in [2.05, 4.69) is 12.0 Å². The second kappa shape index (κ2) is 7.99. The Morgan fingerprint density at radius 1 is 1.25 bits per heavy atom. The first kappa shape index (κ1) is 18.0. The maximum Gasteiger partial charge on any atom is 0.257 e. The van der Waals surface area contributed by atoms with Gasteiger partial charge < -0.3 is 9.64 Å². The van der Waals surface area contributed by atoms with Crippen LogP contribution >= 0.6 is 0 Å². The Labute approximate surface area is 144 Å². The summed E-state index contributed by atoms with van der Waals surface area (Å²) in [4.78, 5) is 15.0. The number of hydrogen-bond acceptors (Lipinski definition) is 3. The molecule has 24 heavy (non-hydrogen) atoms. The van der Waals surface area contributed by atoms with Gasteiger partial charge in [0.1, 0.15) is 5.75 Å². The summed E-state index contributed by atoms with van der Waals surface area (Å²) in [6, 6.07) is 7.99. The van der Waals surface area contributed by atoms with Crippen molar-refractivity contribution >= 4 is 5.91 Å². The number of rotatable bonds is 7. The second-order valence-electron chi connectivity index (χ2n) is 5.77. The average molecular weight is 329 g/mol. The van der Waals surface area contributed by atoms with Gasteiger partial charge in [0, 0.05) is 19.3 Å².